The van der Waals surface area contributed by atoms with Crippen LogP contribution in [-0.2, 0) is 11.3 Å². The Morgan fingerprint density at radius 2 is 1.94 bits per heavy atom. The number of nitrogens with two attached hydrogens (primary N) is 2. The van der Waals surface area contributed by atoms with E-state index in [-0.39, 0.29) is 0 Å². The summed E-state index contributed by atoms with van der Waals surface area (Å²) in [6.07, 6.45) is 0. The minimum Gasteiger partial charge on any atom is -0.397 e. The standard InChI is InChI=1S/C12H19N3O/c1-9-10(2-3-11(13)12(9)14)8-15-4-6-16-7-5-15/h2-3H,4-8,13-14H2,1H3. The Hall–Kier alpha value is -1.26. The Labute approximate surface area is 96.2 Å². The molecule has 0 atom stereocenters. The van der Waals surface area contributed by atoms with Gasteiger partial charge < -0.3 is 16.2 Å². The number of morpholine rings is 1. The van der Waals surface area contributed by atoms with Gasteiger partial charge in [-0.15, -0.1) is 0 Å². The molecule has 1 saturated heterocycles. The summed E-state index contributed by atoms with van der Waals surface area (Å²) >= 11 is 0. The molecule has 1 aromatic rings. The quantitative estimate of drug-likeness (QED) is 0.731. The summed E-state index contributed by atoms with van der Waals surface area (Å²) in [6.45, 7) is 6.58. The molecule has 1 aliphatic rings. The number of benzene rings is 1. The predicted octanol–water partition coefficient (Wildman–Crippen LogP) is 0.992. The lowest BCUT2D eigenvalue weighted by atomic mass is 10.0. The molecule has 4 heteroatoms. The van der Waals surface area contributed by atoms with Crippen molar-refractivity contribution in [3.63, 3.8) is 0 Å². The Morgan fingerprint density at radius 1 is 1.25 bits per heavy atom. The van der Waals surface area contributed by atoms with E-state index >= 15 is 0 Å². The van der Waals surface area contributed by atoms with Gasteiger partial charge in [-0.25, -0.2) is 0 Å². The van der Waals surface area contributed by atoms with E-state index in [4.69, 9.17) is 16.2 Å². The van der Waals surface area contributed by atoms with Crippen LogP contribution in [0.15, 0.2) is 12.1 Å². The second-order valence-corrected chi connectivity index (χ2v) is 4.24. The summed E-state index contributed by atoms with van der Waals surface area (Å²) < 4.78 is 5.32. The van der Waals surface area contributed by atoms with Crippen molar-refractivity contribution >= 4 is 11.4 Å². The van der Waals surface area contributed by atoms with Crippen molar-refractivity contribution in [3.8, 4) is 0 Å². The SMILES string of the molecule is Cc1c(CN2CCOCC2)ccc(N)c1N. The number of rotatable bonds is 2. The van der Waals surface area contributed by atoms with Crippen molar-refractivity contribution < 1.29 is 4.74 Å². The summed E-state index contributed by atoms with van der Waals surface area (Å²) in [5, 5.41) is 0. The molecule has 16 heavy (non-hydrogen) atoms. The van der Waals surface area contributed by atoms with E-state index in [1.807, 2.05) is 13.0 Å². The molecule has 1 heterocycles. The summed E-state index contributed by atoms with van der Waals surface area (Å²) in [6, 6.07) is 3.95. The Bertz CT molecular complexity index is 373. The molecule has 0 saturated carbocycles. The van der Waals surface area contributed by atoms with Gasteiger partial charge in [0.15, 0.2) is 0 Å². The van der Waals surface area contributed by atoms with Crippen LogP contribution in [0.3, 0.4) is 0 Å². The maximum absolute atomic E-state index is 5.92. The van der Waals surface area contributed by atoms with E-state index < -0.39 is 0 Å². The normalized spacial score (nSPS) is 17.6. The molecule has 0 aromatic heterocycles. The molecule has 0 spiro atoms. The first-order valence-corrected chi connectivity index (χ1v) is 5.62. The third-order valence-electron chi connectivity index (χ3n) is 3.16. The third kappa shape index (κ3) is 2.28. The number of hydrogen-bond donors (Lipinski definition) is 2. The lowest BCUT2D eigenvalue weighted by molar-refractivity contribution is 0.0341. The predicted molar refractivity (Wildman–Crippen MR) is 66.1 cm³/mol. The second-order valence-electron chi connectivity index (χ2n) is 4.24. The molecule has 4 N–H and O–H groups in total. The van der Waals surface area contributed by atoms with Gasteiger partial charge in [0.2, 0.25) is 0 Å². The lowest BCUT2D eigenvalue weighted by Gasteiger charge is -2.27. The van der Waals surface area contributed by atoms with Crippen molar-refractivity contribution in [1.82, 2.24) is 4.90 Å². The first-order valence-electron chi connectivity index (χ1n) is 5.62. The summed E-state index contributed by atoms with van der Waals surface area (Å²) in [7, 11) is 0. The monoisotopic (exact) mass is 221 g/mol. The van der Waals surface area contributed by atoms with Crippen LogP contribution < -0.4 is 11.5 Å². The van der Waals surface area contributed by atoms with Gasteiger partial charge in [-0.1, -0.05) is 6.07 Å². The molecule has 88 valence electrons. The highest BCUT2D eigenvalue weighted by molar-refractivity contribution is 5.68. The van der Waals surface area contributed by atoms with Crippen molar-refractivity contribution in [3.05, 3.63) is 23.3 Å². The Morgan fingerprint density at radius 3 is 2.62 bits per heavy atom. The maximum atomic E-state index is 5.92. The Balaban J connectivity index is 2.11. The summed E-state index contributed by atoms with van der Waals surface area (Å²) in [5.41, 5.74) is 15.4. The van der Waals surface area contributed by atoms with Gasteiger partial charge in [-0.3, -0.25) is 4.90 Å². The van der Waals surface area contributed by atoms with Crippen LogP contribution in [0.4, 0.5) is 11.4 Å². The van der Waals surface area contributed by atoms with E-state index in [0.717, 1.165) is 38.4 Å². The minimum atomic E-state index is 0.670. The summed E-state index contributed by atoms with van der Waals surface area (Å²) in [4.78, 5) is 2.38. The molecule has 2 rings (SSSR count). The zero-order valence-electron chi connectivity index (χ0n) is 9.70. The number of nitrogens with zero attached hydrogens (tertiary/aromatic N) is 1. The van der Waals surface area contributed by atoms with Crippen LogP contribution in [0.1, 0.15) is 11.1 Å². The molecular formula is C12H19N3O. The number of anilines is 2. The van der Waals surface area contributed by atoms with E-state index in [0.29, 0.717) is 11.4 Å². The van der Waals surface area contributed by atoms with Crippen molar-refractivity contribution in [1.29, 1.82) is 0 Å². The number of hydrogen-bond acceptors (Lipinski definition) is 4. The fourth-order valence-electron chi connectivity index (χ4n) is 1.97. The van der Waals surface area contributed by atoms with Crippen molar-refractivity contribution in [2.45, 2.75) is 13.5 Å². The zero-order valence-corrected chi connectivity index (χ0v) is 9.70. The highest BCUT2D eigenvalue weighted by Crippen LogP contribution is 2.24. The first kappa shape index (κ1) is 11.2. The van der Waals surface area contributed by atoms with Gasteiger partial charge in [0.25, 0.3) is 0 Å². The fourth-order valence-corrected chi connectivity index (χ4v) is 1.97. The van der Waals surface area contributed by atoms with Gasteiger partial charge in [-0.2, -0.15) is 0 Å². The molecule has 4 nitrogen and oxygen atoms in total. The fraction of sp³-hybridized carbons (Fsp3) is 0.500. The van der Waals surface area contributed by atoms with Gasteiger partial charge in [0, 0.05) is 19.6 Å². The average Bonchev–Trinajstić information content (AvgIpc) is 2.31. The van der Waals surface area contributed by atoms with Gasteiger partial charge >= 0.3 is 0 Å². The van der Waals surface area contributed by atoms with Gasteiger partial charge in [0.1, 0.15) is 0 Å². The van der Waals surface area contributed by atoms with Crippen LogP contribution in [0.2, 0.25) is 0 Å². The van der Waals surface area contributed by atoms with Crippen molar-refractivity contribution in [2.24, 2.45) is 0 Å². The second kappa shape index (κ2) is 4.72. The molecule has 0 unspecified atom stereocenters. The van der Waals surface area contributed by atoms with E-state index in [1.165, 1.54) is 5.56 Å². The number of ether oxygens (including phenoxy) is 1. The van der Waals surface area contributed by atoms with Crippen molar-refractivity contribution in [2.75, 3.05) is 37.8 Å². The molecule has 0 amide bonds. The minimum absolute atomic E-state index is 0.670. The van der Waals surface area contributed by atoms with E-state index in [1.54, 1.807) is 0 Å². The molecule has 0 bridgehead atoms. The largest absolute Gasteiger partial charge is 0.397 e. The molecule has 0 radical (unpaired) electrons. The molecule has 0 aliphatic carbocycles. The van der Waals surface area contributed by atoms with Gasteiger partial charge in [0.05, 0.1) is 24.6 Å². The third-order valence-corrected chi connectivity index (χ3v) is 3.16. The zero-order chi connectivity index (χ0) is 11.5. The van der Waals surface area contributed by atoms with E-state index in [9.17, 15) is 0 Å². The molecule has 1 aliphatic heterocycles. The lowest BCUT2D eigenvalue weighted by Crippen LogP contribution is -2.35. The average molecular weight is 221 g/mol. The first-order chi connectivity index (χ1) is 7.68. The van der Waals surface area contributed by atoms with Crippen LogP contribution in [-0.4, -0.2) is 31.2 Å². The molecule has 1 aromatic carbocycles. The van der Waals surface area contributed by atoms with Crippen LogP contribution in [0, 0.1) is 6.92 Å². The van der Waals surface area contributed by atoms with Crippen LogP contribution in [0.25, 0.3) is 0 Å². The molecular weight excluding hydrogens is 202 g/mol. The smallest absolute Gasteiger partial charge is 0.0594 e. The molecule has 1 fully saturated rings. The van der Waals surface area contributed by atoms with E-state index in [2.05, 4.69) is 11.0 Å². The van der Waals surface area contributed by atoms with Gasteiger partial charge in [-0.05, 0) is 24.1 Å². The maximum Gasteiger partial charge on any atom is 0.0594 e. The van der Waals surface area contributed by atoms with Crippen LogP contribution in [0.5, 0.6) is 0 Å². The summed E-state index contributed by atoms with van der Waals surface area (Å²) in [5.74, 6) is 0. The number of nitrogen functional groups attached to an aromatic ring is 2. The topological polar surface area (TPSA) is 64.5 Å². The highest BCUT2D eigenvalue weighted by Gasteiger charge is 2.13. The highest BCUT2D eigenvalue weighted by atomic mass is 16.5. The Kier molecular flexibility index (Phi) is 3.31. The van der Waals surface area contributed by atoms with Crippen LogP contribution >= 0.6 is 0 Å².